The number of nitrogens with one attached hydrogen (secondary N) is 1. The molecule has 2 aromatic rings. The standard InChI is InChI=1S/C12H14N4O2/c1-16-6-13-5-9(16)11-14-8-4-2-3-7(12(17)18)10(8)15-11/h5-7H,2-4H2,1H3,(H,14,15)(H,17,18). The summed E-state index contributed by atoms with van der Waals surface area (Å²) in [5.41, 5.74) is 2.50. The van der Waals surface area contributed by atoms with E-state index in [1.165, 1.54) is 0 Å². The van der Waals surface area contributed by atoms with Gasteiger partial charge in [-0.25, -0.2) is 9.97 Å². The summed E-state index contributed by atoms with van der Waals surface area (Å²) in [6.07, 6.45) is 5.84. The van der Waals surface area contributed by atoms with Crippen molar-refractivity contribution in [2.24, 2.45) is 7.05 Å². The third-order valence-electron chi connectivity index (χ3n) is 3.42. The monoisotopic (exact) mass is 246 g/mol. The van der Waals surface area contributed by atoms with E-state index in [2.05, 4.69) is 15.0 Å². The predicted octanol–water partition coefficient (Wildman–Crippen LogP) is 1.31. The molecule has 0 fully saturated rings. The second-order valence-electron chi connectivity index (χ2n) is 4.62. The van der Waals surface area contributed by atoms with Crippen LogP contribution in [-0.2, 0) is 18.3 Å². The van der Waals surface area contributed by atoms with E-state index in [0.29, 0.717) is 17.9 Å². The van der Waals surface area contributed by atoms with Crippen molar-refractivity contribution in [2.45, 2.75) is 25.2 Å². The lowest BCUT2D eigenvalue weighted by Gasteiger charge is -2.16. The van der Waals surface area contributed by atoms with E-state index in [1.807, 2.05) is 11.6 Å². The number of carbonyl (C=O) groups is 1. The zero-order valence-corrected chi connectivity index (χ0v) is 10.1. The topological polar surface area (TPSA) is 83.8 Å². The van der Waals surface area contributed by atoms with E-state index in [4.69, 9.17) is 0 Å². The number of rotatable bonds is 2. The predicted molar refractivity (Wildman–Crippen MR) is 64.1 cm³/mol. The number of aliphatic carboxylic acids is 1. The quantitative estimate of drug-likeness (QED) is 0.836. The third-order valence-corrected chi connectivity index (χ3v) is 3.42. The van der Waals surface area contributed by atoms with Gasteiger partial charge >= 0.3 is 5.97 Å². The number of H-pyrrole nitrogens is 1. The molecule has 1 atom stereocenters. The molecule has 2 aromatic heterocycles. The van der Waals surface area contributed by atoms with Crippen LogP contribution in [0.1, 0.15) is 30.1 Å². The van der Waals surface area contributed by atoms with E-state index in [1.54, 1.807) is 12.5 Å². The molecular weight excluding hydrogens is 232 g/mol. The van der Waals surface area contributed by atoms with Crippen LogP contribution in [0.5, 0.6) is 0 Å². The summed E-state index contributed by atoms with van der Waals surface area (Å²) in [6.45, 7) is 0. The largest absolute Gasteiger partial charge is 0.481 e. The molecule has 0 aliphatic heterocycles. The lowest BCUT2D eigenvalue weighted by molar-refractivity contribution is -0.139. The highest BCUT2D eigenvalue weighted by Crippen LogP contribution is 2.32. The molecule has 0 bridgehead atoms. The van der Waals surface area contributed by atoms with Crippen molar-refractivity contribution in [3.8, 4) is 11.5 Å². The van der Waals surface area contributed by atoms with Gasteiger partial charge in [0.25, 0.3) is 0 Å². The fraction of sp³-hybridized carbons (Fsp3) is 0.417. The maximum Gasteiger partial charge on any atom is 0.312 e. The van der Waals surface area contributed by atoms with Crippen LogP contribution in [0.4, 0.5) is 0 Å². The van der Waals surface area contributed by atoms with Gasteiger partial charge in [-0.1, -0.05) is 0 Å². The number of hydrogen-bond donors (Lipinski definition) is 2. The number of imidazole rings is 2. The van der Waals surface area contributed by atoms with E-state index < -0.39 is 11.9 Å². The summed E-state index contributed by atoms with van der Waals surface area (Å²) < 4.78 is 1.86. The summed E-state index contributed by atoms with van der Waals surface area (Å²) in [7, 11) is 1.89. The van der Waals surface area contributed by atoms with Crippen molar-refractivity contribution in [1.29, 1.82) is 0 Å². The Bertz CT molecular complexity index is 599. The van der Waals surface area contributed by atoms with Crippen LogP contribution in [0.15, 0.2) is 12.5 Å². The van der Waals surface area contributed by atoms with Crippen LogP contribution in [0.3, 0.4) is 0 Å². The molecule has 94 valence electrons. The lowest BCUT2D eigenvalue weighted by Crippen LogP contribution is -2.17. The van der Waals surface area contributed by atoms with Crippen molar-refractivity contribution in [3.63, 3.8) is 0 Å². The first-order valence-corrected chi connectivity index (χ1v) is 5.95. The number of aromatic amines is 1. The molecule has 6 heteroatoms. The van der Waals surface area contributed by atoms with Gasteiger partial charge in [0.1, 0.15) is 11.6 Å². The summed E-state index contributed by atoms with van der Waals surface area (Å²) in [5.74, 6) is -0.570. The average Bonchev–Trinajstić information content (AvgIpc) is 2.92. The van der Waals surface area contributed by atoms with Crippen LogP contribution in [0.25, 0.3) is 11.5 Å². The van der Waals surface area contributed by atoms with E-state index >= 15 is 0 Å². The van der Waals surface area contributed by atoms with Crippen molar-refractivity contribution >= 4 is 5.97 Å². The number of aryl methyl sites for hydroxylation is 2. The molecule has 0 aromatic carbocycles. The molecule has 0 amide bonds. The second kappa shape index (κ2) is 3.97. The van der Waals surface area contributed by atoms with E-state index in [0.717, 1.165) is 24.2 Å². The summed E-state index contributed by atoms with van der Waals surface area (Å²) in [5, 5.41) is 9.21. The molecule has 1 unspecified atom stereocenters. The Morgan fingerprint density at radius 1 is 1.61 bits per heavy atom. The number of carboxylic acids is 1. The van der Waals surface area contributed by atoms with Gasteiger partial charge in [-0.15, -0.1) is 0 Å². The highest BCUT2D eigenvalue weighted by atomic mass is 16.4. The van der Waals surface area contributed by atoms with Crippen LogP contribution in [-0.4, -0.2) is 30.6 Å². The second-order valence-corrected chi connectivity index (χ2v) is 4.62. The first-order chi connectivity index (χ1) is 8.66. The van der Waals surface area contributed by atoms with Gasteiger partial charge < -0.3 is 14.7 Å². The molecule has 6 nitrogen and oxygen atoms in total. The Hall–Kier alpha value is -2.11. The highest BCUT2D eigenvalue weighted by molar-refractivity contribution is 5.76. The fourth-order valence-corrected chi connectivity index (χ4v) is 2.47. The van der Waals surface area contributed by atoms with Crippen molar-refractivity contribution < 1.29 is 9.90 Å². The number of nitrogens with zero attached hydrogens (tertiary/aromatic N) is 3. The van der Waals surface area contributed by atoms with Crippen molar-refractivity contribution in [1.82, 2.24) is 19.5 Å². The molecule has 0 spiro atoms. The Kier molecular flexibility index (Phi) is 2.43. The molecule has 18 heavy (non-hydrogen) atoms. The third kappa shape index (κ3) is 1.61. The summed E-state index contributed by atoms with van der Waals surface area (Å²) in [4.78, 5) is 22.9. The highest BCUT2D eigenvalue weighted by Gasteiger charge is 2.30. The lowest BCUT2D eigenvalue weighted by atomic mass is 9.90. The summed E-state index contributed by atoms with van der Waals surface area (Å²) in [6, 6.07) is 0. The molecule has 3 rings (SSSR count). The van der Waals surface area contributed by atoms with Gasteiger partial charge in [-0.05, 0) is 19.3 Å². The summed E-state index contributed by atoms with van der Waals surface area (Å²) >= 11 is 0. The SMILES string of the molecule is Cn1cncc1-c1nc2c([nH]1)CCCC2C(=O)O. The Morgan fingerprint density at radius 3 is 3.11 bits per heavy atom. The zero-order chi connectivity index (χ0) is 12.7. The van der Waals surface area contributed by atoms with E-state index in [-0.39, 0.29) is 0 Å². The first kappa shape index (κ1) is 11.0. The van der Waals surface area contributed by atoms with Crippen LogP contribution in [0.2, 0.25) is 0 Å². The van der Waals surface area contributed by atoms with Crippen LogP contribution < -0.4 is 0 Å². The number of hydrogen-bond acceptors (Lipinski definition) is 3. The molecule has 0 radical (unpaired) electrons. The Balaban J connectivity index is 2.06. The fourth-order valence-electron chi connectivity index (χ4n) is 2.47. The minimum Gasteiger partial charge on any atom is -0.481 e. The van der Waals surface area contributed by atoms with Gasteiger partial charge in [0.2, 0.25) is 0 Å². The Morgan fingerprint density at radius 2 is 2.44 bits per heavy atom. The normalized spacial score (nSPS) is 18.6. The van der Waals surface area contributed by atoms with Gasteiger partial charge in [-0.2, -0.15) is 0 Å². The Labute approximate surface area is 104 Å². The van der Waals surface area contributed by atoms with Gasteiger partial charge in [0.15, 0.2) is 5.82 Å². The molecular formula is C12H14N4O2. The van der Waals surface area contributed by atoms with Crippen molar-refractivity contribution in [3.05, 3.63) is 23.9 Å². The van der Waals surface area contributed by atoms with E-state index in [9.17, 15) is 9.90 Å². The maximum absolute atomic E-state index is 11.2. The van der Waals surface area contributed by atoms with Gasteiger partial charge in [0.05, 0.1) is 18.2 Å². The first-order valence-electron chi connectivity index (χ1n) is 5.95. The molecule has 1 aliphatic carbocycles. The minimum absolute atomic E-state index is 0.480. The van der Waals surface area contributed by atoms with Gasteiger partial charge in [-0.3, -0.25) is 4.79 Å². The number of aromatic nitrogens is 4. The molecule has 1 aliphatic rings. The maximum atomic E-state index is 11.2. The molecule has 0 saturated heterocycles. The smallest absolute Gasteiger partial charge is 0.312 e. The molecule has 2 N–H and O–H groups in total. The molecule has 0 saturated carbocycles. The number of fused-ring (bicyclic) bond motifs is 1. The zero-order valence-electron chi connectivity index (χ0n) is 10.1. The number of carboxylic acid groups (broad SMARTS) is 1. The average molecular weight is 246 g/mol. The van der Waals surface area contributed by atoms with Crippen LogP contribution >= 0.6 is 0 Å². The van der Waals surface area contributed by atoms with Crippen LogP contribution in [0, 0.1) is 0 Å². The van der Waals surface area contributed by atoms with Crippen molar-refractivity contribution in [2.75, 3.05) is 0 Å². The minimum atomic E-state index is -0.793. The van der Waals surface area contributed by atoms with Gasteiger partial charge in [0, 0.05) is 12.7 Å². The molecule has 2 heterocycles.